The van der Waals surface area contributed by atoms with Gasteiger partial charge in [0.05, 0.1) is 11.9 Å². The molecule has 0 fully saturated rings. The average Bonchev–Trinajstić information content (AvgIpc) is 3.25. The van der Waals surface area contributed by atoms with Gasteiger partial charge in [0.2, 0.25) is 0 Å². The van der Waals surface area contributed by atoms with Crippen LogP contribution in [0.5, 0.6) is 5.75 Å². The van der Waals surface area contributed by atoms with E-state index in [-0.39, 0.29) is 5.78 Å². The molecule has 30 heavy (non-hydrogen) atoms. The first-order valence-corrected chi connectivity index (χ1v) is 10.7. The largest absolute Gasteiger partial charge is 0.487 e. The summed E-state index contributed by atoms with van der Waals surface area (Å²) < 4.78 is 7.58. The highest BCUT2D eigenvalue weighted by Crippen LogP contribution is 2.22. The summed E-state index contributed by atoms with van der Waals surface area (Å²) in [6.07, 6.45) is 1.83. The molecule has 0 bridgehead atoms. The van der Waals surface area contributed by atoms with Crippen molar-refractivity contribution in [2.75, 3.05) is 0 Å². The number of aromatic nitrogens is 3. The van der Waals surface area contributed by atoms with Crippen LogP contribution >= 0.6 is 9.24 Å². The van der Waals surface area contributed by atoms with Crippen LogP contribution in [0.1, 0.15) is 36.5 Å². The normalized spacial score (nSPS) is 12.0. The van der Waals surface area contributed by atoms with E-state index >= 15 is 0 Å². The van der Waals surface area contributed by atoms with Crippen molar-refractivity contribution in [3.8, 4) is 5.75 Å². The minimum absolute atomic E-state index is 0.194. The minimum atomic E-state index is 0.194. The van der Waals surface area contributed by atoms with Gasteiger partial charge in [-0.2, -0.15) is 0 Å². The zero-order valence-corrected chi connectivity index (χ0v) is 18.7. The Morgan fingerprint density at radius 1 is 1.13 bits per heavy atom. The van der Waals surface area contributed by atoms with Crippen LogP contribution in [0.3, 0.4) is 0 Å². The predicted molar refractivity (Wildman–Crippen MR) is 126 cm³/mol. The maximum atomic E-state index is 5.92. The third kappa shape index (κ3) is 5.88. The highest BCUT2D eigenvalue weighted by atomic mass is 31.0. The van der Waals surface area contributed by atoms with Crippen molar-refractivity contribution in [3.63, 3.8) is 0 Å². The Morgan fingerprint density at radius 2 is 1.90 bits per heavy atom. The van der Waals surface area contributed by atoms with E-state index in [2.05, 4.69) is 70.1 Å². The molecule has 0 aliphatic rings. The third-order valence-electron chi connectivity index (χ3n) is 4.85. The van der Waals surface area contributed by atoms with E-state index < -0.39 is 0 Å². The van der Waals surface area contributed by atoms with Crippen LogP contribution in [0.2, 0.25) is 0 Å². The number of rotatable bonds is 10. The number of benzene rings is 2. The summed E-state index contributed by atoms with van der Waals surface area (Å²) >= 11 is 0. The lowest BCUT2D eigenvalue weighted by Gasteiger charge is -2.14. The SMILES string of the molecule is C=C(C(=C)n1cc(COc2cccc(CNC(P)c3ccccc3)c2)nn1)C(C)C. The molecule has 3 aromatic rings. The minimum Gasteiger partial charge on any atom is -0.487 e. The van der Waals surface area contributed by atoms with Gasteiger partial charge >= 0.3 is 0 Å². The number of nitrogens with one attached hydrogen (secondary N) is 1. The molecule has 5 nitrogen and oxygen atoms in total. The van der Waals surface area contributed by atoms with E-state index in [1.54, 1.807) is 4.68 Å². The first-order valence-electron chi connectivity index (χ1n) is 9.99. The Balaban J connectivity index is 1.54. The molecule has 0 radical (unpaired) electrons. The Morgan fingerprint density at radius 3 is 2.63 bits per heavy atom. The van der Waals surface area contributed by atoms with E-state index in [1.165, 1.54) is 5.56 Å². The van der Waals surface area contributed by atoms with Gasteiger partial charge in [-0.15, -0.1) is 14.3 Å². The summed E-state index contributed by atoms with van der Waals surface area (Å²) in [6, 6.07) is 18.4. The molecule has 1 heterocycles. The van der Waals surface area contributed by atoms with Crippen molar-refractivity contribution < 1.29 is 4.74 Å². The second kappa shape index (κ2) is 10.3. The Bertz CT molecular complexity index is 997. The van der Waals surface area contributed by atoms with Crippen molar-refractivity contribution in [1.29, 1.82) is 0 Å². The van der Waals surface area contributed by atoms with E-state index in [4.69, 9.17) is 4.74 Å². The molecule has 0 spiro atoms. The second-order valence-electron chi connectivity index (χ2n) is 7.49. The first-order chi connectivity index (χ1) is 14.4. The first kappa shape index (κ1) is 21.9. The number of allylic oxidation sites excluding steroid dienone is 2. The van der Waals surface area contributed by atoms with Gasteiger partial charge in [-0.1, -0.05) is 74.7 Å². The smallest absolute Gasteiger partial charge is 0.134 e. The zero-order valence-electron chi connectivity index (χ0n) is 17.6. The lowest BCUT2D eigenvalue weighted by Crippen LogP contribution is -2.15. The summed E-state index contributed by atoms with van der Waals surface area (Å²) in [5.74, 6) is 1.30. The number of nitrogens with zero attached hydrogens (tertiary/aromatic N) is 3. The lowest BCUT2D eigenvalue weighted by atomic mass is 10.0. The van der Waals surface area contributed by atoms with Crippen LogP contribution < -0.4 is 10.1 Å². The van der Waals surface area contributed by atoms with E-state index in [1.807, 2.05) is 42.6 Å². The molecular weight excluding hydrogens is 391 g/mol. The average molecular weight is 420 g/mol. The van der Waals surface area contributed by atoms with Gasteiger partial charge in [-0.3, -0.25) is 0 Å². The van der Waals surface area contributed by atoms with Gasteiger partial charge < -0.3 is 10.1 Å². The van der Waals surface area contributed by atoms with E-state index in [0.717, 1.165) is 34.8 Å². The monoisotopic (exact) mass is 420 g/mol. The molecule has 2 unspecified atom stereocenters. The molecule has 0 aliphatic carbocycles. The Hall–Kier alpha value is -2.75. The van der Waals surface area contributed by atoms with Gasteiger partial charge in [0.25, 0.3) is 0 Å². The molecular formula is C24H29N4OP. The van der Waals surface area contributed by atoms with Crippen molar-refractivity contribution in [3.05, 3.63) is 96.3 Å². The molecule has 0 aliphatic heterocycles. The van der Waals surface area contributed by atoms with Crippen molar-refractivity contribution in [2.45, 2.75) is 32.8 Å². The van der Waals surface area contributed by atoms with Gasteiger partial charge in [-0.25, -0.2) is 4.68 Å². The molecule has 6 heteroatoms. The highest BCUT2D eigenvalue weighted by Gasteiger charge is 2.10. The molecule has 0 saturated carbocycles. The number of hydrogen-bond donors (Lipinski definition) is 1. The van der Waals surface area contributed by atoms with Gasteiger partial charge in [0.15, 0.2) is 0 Å². The molecule has 2 aromatic carbocycles. The van der Waals surface area contributed by atoms with E-state index in [9.17, 15) is 0 Å². The van der Waals surface area contributed by atoms with E-state index in [0.29, 0.717) is 12.5 Å². The summed E-state index contributed by atoms with van der Waals surface area (Å²) in [4.78, 5) is 0. The van der Waals surface area contributed by atoms with Crippen LogP contribution in [0, 0.1) is 5.92 Å². The highest BCUT2D eigenvalue weighted by molar-refractivity contribution is 7.17. The number of ether oxygens (including phenoxy) is 1. The van der Waals surface area contributed by atoms with Crippen LogP contribution in [-0.4, -0.2) is 15.0 Å². The number of hydrogen-bond acceptors (Lipinski definition) is 4. The topological polar surface area (TPSA) is 52.0 Å². The molecule has 1 N–H and O–H groups in total. The maximum absolute atomic E-state index is 5.92. The molecule has 1 aromatic heterocycles. The molecule has 0 saturated heterocycles. The van der Waals surface area contributed by atoms with Gasteiger partial charge in [-0.05, 0) is 34.8 Å². The molecule has 156 valence electrons. The lowest BCUT2D eigenvalue weighted by molar-refractivity contribution is 0.301. The summed E-state index contributed by atoms with van der Waals surface area (Å²) in [6.45, 7) is 13.4. The summed E-state index contributed by atoms with van der Waals surface area (Å²) in [7, 11) is 2.84. The quantitative estimate of drug-likeness (QED) is 0.362. The molecule has 3 rings (SSSR count). The standard InChI is InChI=1S/C24H29N4OP/c1-17(2)18(3)19(4)28-15-22(26-27-28)16-29-23-12-8-9-20(13-23)14-25-24(30)21-10-6-5-7-11-21/h5-13,15,17,24-25H,3-4,14,16,30H2,1-2H3. The van der Waals surface area contributed by atoms with Crippen molar-refractivity contribution in [2.24, 2.45) is 5.92 Å². The second-order valence-corrected chi connectivity index (χ2v) is 8.15. The molecule has 0 amide bonds. The van der Waals surface area contributed by atoms with Gasteiger partial charge in [0.1, 0.15) is 18.1 Å². The summed E-state index contributed by atoms with van der Waals surface area (Å²) in [5.41, 5.74) is 4.82. The van der Waals surface area contributed by atoms with Crippen molar-refractivity contribution in [1.82, 2.24) is 20.3 Å². The van der Waals surface area contributed by atoms with Crippen LogP contribution in [-0.2, 0) is 13.2 Å². The fourth-order valence-electron chi connectivity index (χ4n) is 2.89. The summed E-state index contributed by atoms with van der Waals surface area (Å²) in [5, 5.41) is 11.8. The van der Waals surface area contributed by atoms with Crippen LogP contribution in [0.15, 0.2) is 79.5 Å². The van der Waals surface area contributed by atoms with Crippen molar-refractivity contribution >= 4 is 14.9 Å². The third-order valence-corrected chi connectivity index (χ3v) is 5.48. The van der Waals surface area contributed by atoms with Crippen LogP contribution in [0.4, 0.5) is 0 Å². The van der Waals surface area contributed by atoms with Crippen LogP contribution in [0.25, 0.3) is 5.70 Å². The van der Waals surface area contributed by atoms with Gasteiger partial charge in [0, 0.05) is 12.3 Å². The molecule has 2 atom stereocenters. The Labute approximate surface area is 181 Å². The maximum Gasteiger partial charge on any atom is 0.134 e. The fourth-order valence-corrected chi connectivity index (χ4v) is 3.23. The predicted octanol–water partition coefficient (Wildman–Crippen LogP) is 5.20. The fraction of sp³-hybridized carbons (Fsp3) is 0.250. The Kier molecular flexibility index (Phi) is 7.56. The zero-order chi connectivity index (χ0) is 21.5.